The van der Waals surface area contributed by atoms with Crippen molar-refractivity contribution in [2.24, 2.45) is 5.92 Å². The van der Waals surface area contributed by atoms with Crippen molar-refractivity contribution in [3.05, 3.63) is 34.4 Å². The van der Waals surface area contributed by atoms with Gasteiger partial charge in [0.15, 0.2) is 0 Å². The van der Waals surface area contributed by atoms with Gasteiger partial charge in [0.25, 0.3) is 5.91 Å². The number of alkyl halides is 1. The summed E-state index contributed by atoms with van der Waals surface area (Å²) < 4.78 is 0. The zero-order valence-electron chi connectivity index (χ0n) is 12.2. The van der Waals surface area contributed by atoms with Crippen LogP contribution in [0.25, 0.3) is 0 Å². The number of amides is 1. The number of rotatable bonds is 1. The van der Waals surface area contributed by atoms with Gasteiger partial charge in [0.05, 0.1) is 5.38 Å². The van der Waals surface area contributed by atoms with Crippen LogP contribution in [0.2, 0.25) is 0 Å². The number of aryl methyl sites for hydroxylation is 3. The standard InChI is InChI=1S/C16H22ClNO/c1-10-7-12(3)15(13(4)8-10)16(19)18-6-5-11(2)14(17)9-18/h7-8,11,14H,5-6,9H2,1-4H3. The first-order valence-electron chi connectivity index (χ1n) is 6.91. The average Bonchev–Trinajstić information content (AvgIpc) is 2.31. The topological polar surface area (TPSA) is 20.3 Å². The number of hydrogen-bond acceptors (Lipinski definition) is 1. The summed E-state index contributed by atoms with van der Waals surface area (Å²) in [7, 11) is 0. The lowest BCUT2D eigenvalue weighted by Crippen LogP contribution is -2.44. The van der Waals surface area contributed by atoms with Crippen LogP contribution in [-0.2, 0) is 0 Å². The summed E-state index contributed by atoms with van der Waals surface area (Å²) in [6.07, 6.45) is 0.990. The summed E-state index contributed by atoms with van der Waals surface area (Å²) in [6, 6.07) is 4.15. The van der Waals surface area contributed by atoms with Crippen LogP contribution < -0.4 is 0 Å². The molecule has 1 aromatic rings. The molecule has 0 radical (unpaired) electrons. The molecule has 19 heavy (non-hydrogen) atoms. The van der Waals surface area contributed by atoms with Crippen LogP contribution in [0.15, 0.2) is 12.1 Å². The van der Waals surface area contributed by atoms with Gasteiger partial charge in [0.1, 0.15) is 0 Å². The highest BCUT2D eigenvalue weighted by Crippen LogP contribution is 2.25. The lowest BCUT2D eigenvalue weighted by Gasteiger charge is -2.34. The van der Waals surface area contributed by atoms with E-state index < -0.39 is 0 Å². The van der Waals surface area contributed by atoms with Crippen LogP contribution in [0.4, 0.5) is 0 Å². The summed E-state index contributed by atoms with van der Waals surface area (Å²) in [5.74, 6) is 0.624. The lowest BCUT2D eigenvalue weighted by molar-refractivity contribution is 0.0700. The number of hydrogen-bond donors (Lipinski definition) is 0. The molecule has 2 nitrogen and oxygen atoms in total. The molecule has 1 saturated heterocycles. The first-order chi connectivity index (χ1) is 8.90. The lowest BCUT2D eigenvalue weighted by atomic mass is 9.95. The molecule has 2 atom stereocenters. The maximum absolute atomic E-state index is 12.7. The zero-order chi connectivity index (χ0) is 14.2. The van der Waals surface area contributed by atoms with E-state index in [-0.39, 0.29) is 11.3 Å². The number of carbonyl (C=O) groups is 1. The zero-order valence-corrected chi connectivity index (χ0v) is 12.9. The maximum Gasteiger partial charge on any atom is 0.254 e. The number of likely N-dealkylation sites (tertiary alicyclic amines) is 1. The predicted molar refractivity (Wildman–Crippen MR) is 80.0 cm³/mol. The second kappa shape index (κ2) is 5.54. The number of benzene rings is 1. The van der Waals surface area contributed by atoms with Crippen molar-refractivity contribution in [3.8, 4) is 0 Å². The maximum atomic E-state index is 12.7. The molecule has 1 amide bonds. The normalized spacial score (nSPS) is 23.5. The van der Waals surface area contributed by atoms with Gasteiger partial charge in [-0.25, -0.2) is 0 Å². The minimum Gasteiger partial charge on any atom is -0.337 e. The molecule has 3 heteroatoms. The van der Waals surface area contributed by atoms with E-state index in [1.54, 1.807) is 0 Å². The molecule has 0 saturated carbocycles. The fraction of sp³-hybridized carbons (Fsp3) is 0.562. The monoisotopic (exact) mass is 279 g/mol. The fourth-order valence-electron chi connectivity index (χ4n) is 2.88. The SMILES string of the molecule is Cc1cc(C)c(C(=O)N2CCC(C)C(Cl)C2)c(C)c1. The molecular formula is C16H22ClNO. The molecule has 0 aliphatic carbocycles. The van der Waals surface area contributed by atoms with E-state index in [2.05, 4.69) is 26.0 Å². The Balaban J connectivity index is 2.25. The van der Waals surface area contributed by atoms with Crippen molar-refractivity contribution in [1.29, 1.82) is 0 Å². The second-order valence-corrected chi connectivity index (χ2v) is 6.37. The van der Waals surface area contributed by atoms with Crippen molar-refractivity contribution in [2.75, 3.05) is 13.1 Å². The minimum atomic E-state index is 0.0729. The molecule has 1 heterocycles. The van der Waals surface area contributed by atoms with Crippen LogP contribution in [0.3, 0.4) is 0 Å². The Morgan fingerprint density at radius 3 is 2.37 bits per heavy atom. The molecule has 104 valence electrons. The highest BCUT2D eigenvalue weighted by Gasteiger charge is 2.29. The van der Waals surface area contributed by atoms with Gasteiger partial charge in [-0.1, -0.05) is 24.6 Å². The van der Waals surface area contributed by atoms with E-state index in [4.69, 9.17) is 11.6 Å². The summed E-state index contributed by atoms with van der Waals surface area (Å²) in [6.45, 7) is 9.72. The molecule has 0 bridgehead atoms. The Labute approximate surface area is 120 Å². The van der Waals surface area contributed by atoms with Crippen LogP contribution in [0.1, 0.15) is 40.4 Å². The number of carbonyl (C=O) groups excluding carboxylic acids is 1. The fourth-order valence-corrected chi connectivity index (χ4v) is 3.17. The van der Waals surface area contributed by atoms with E-state index >= 15 is 0 Å². The van der Waals surface area contributed by atoms with Gasteiger partial charge in [-0.2, -0.15) is 0 Å². The Morgan fingerprint density at radius 1 is 1.26 bits per heavy atom. The molecule has 1 aliphatic heterocycles. The van der Waals surface area contributed by atoms with E-state index in [1.165, 1.54) is 5.56 Å². The van der Waals surface area contributed by atoms with Gasteiger partial charge in [-0.3, -0.25) is 4.79 Å². The van der Waals surface area contributed by atoms with E-state index in [1.807, 2.05) is 18.7 Å². The average molecular weight is 280 g/mol. The smallest absolute Gasteiger partial charge is 0.254 e. The quantitative estimate of drug-likeness (QED) is 0.718. The summed E-state index contributed by atoms with van der Waals surface area (Å²) in [5, 5.41) is 0.0729. The number of piperidine rings is 1. The Kier molecular flexibility index (Phi) is 4.19. The Hall–Kier alpha value is -1.02. The largest absolute Gasteiger partial charge is 0.337 e. The van der Waals surface area contributed by atoms with E-state index in [9.17, 15) is 4.79 Å². The first-order valence-corrected chi connectivity index (χ1v) is 7.35. The first kappa shape index (κ1) is 14.4. The third-order valence-electron chi connectivity index (χ3n) is 4.04. The molecule has 0 aromatic heterocycles. The predicted octanol–water partition coefficient (Wildman–Crippen LogP) is 3.70. The summed E-state index contributed by atoms with van der Waals surface area (Å²) >= 11 is 6.30. The van der Waals surface area contributed by atoms with Crippen molar-refractivity contribution >= 4 is 17.5 Å². The van der Waals surface area contributed by atoms with E-state index in [0.29, 0.717) is 12.5 Å². The number of halogens is 1. The minimum absolute atomic E-state index is 0.0729. The highest BCUT2D eigenvalue weighted by atomic mass is 35.5. The van der Waals surface area contributed by atoms with Gasteiger partial charge in [0.2, 0.25) is 0 Å². The molecule has 0 N–H and O–H groups in total. The highest BCUT2D eigenvalue weighted by molar-refractivity contribution is 6.21. The number of nitrogens with zero attached hydrogens (tertiary/aromatic N) is 1. The summed E-state index contributed by atoms with van der Waals surface area (Å²) in [4.78, 5) is 14.6. The van der Waals surface area contributed by atoms with Crippen molar-refractivity contribution in [3.63, 3.8) is 0 Å². The molecule has 1 aliphatic rings. The second-order valence-electron chi connectivity index (χ2n) is 5.81. The Morgan fingerprint density at radius 2 is 1.84 bits per heavy atom. The van der Waals surface area contributed by atoms with Gasteiger partial charge < -0.3 is 4.90 Å². The summed E-state index contributed by atoms with van der Waals surface area (Å²) in [5.41, 5.74) is 4.18. The third-order valence-corrected chi connectivity index (χ3v) is 4.61. The van der Waals surface area contributed by atoms with E-state index in [0.717, 1.165) is 29.7 Å². The van der Waals surface area contributed by atoms with Gasteiger partial charge in [-0.05, 0) is 44.2 Å². The van der Waals surface area contributed by atoms with Crippen LogP contribution >= 0.6 is 11.6 Å². The molecule has 2 unspecified atom stereocenters. The van der Waals surface area contributed by atoms with Gasteiger partial charge >= 0.3 is 0 Å². The van der Waals surface area contributed by atoms with Crippen molar-refractivity contribution in [1.82, 2.24) is 4.90 Å². The van der Waals surface area contributed by atoms with Crippen LogP contribution in [0, 0.1) is 26.7 Å². The van der Waals surface area contributed by atoms with Crippen molar-refractivity contribution in [2.45, 2.75) is 39.5 Å². The molecule has 1 aromatic carbocycles. The Bertz CT molecular complexity index is 475. The molecule has 1 fully saturated rings. The van der Waals surface area contributed by atoms with Crippen LogP contribution in [-0.4, -0.2) is 29.3 Å². The third kappa shape index (κ3) is 2.94. The molecule has 0 spiro atoms. The van der Waals surface area contributed by atoms with Gasteiger partial charge in [0, 0.05) is 18.7 Å². The molecule has 2 rings (SSSR count). The molecular weight excluding hydrogens is 258 g/mol. The van der Waals surface area contributed by atoms with Crippen molar-refractivity contribution < 1.29 is 4.79 Å². The van der Waals surface area contributed by atoms with Gasteiger partial charge in [-0.15, -0.1) is 11.6 Å². The van der Waals surface area contributed by atoms with Crippen LogP contribution in [0.5, 0.6) is 0 Å².